The SMILES string of the molecule is Cc1ccc(-n2nc(C(=O)N(C)CCC(N)C(C)C)c3c2CCC3)c(F)c1. The fraction of sp³-hybridized carbons (Fsp3) is 0.524. The first kappa shape index (κ1) is 19.5. The smallest absolute Gasteiger partial charge is 0.274 e. The van der Waals surface area contributed by atoms with E-state index in [0.717, 1.165) is 42.5 Å². The highest BCUT2D eigenvalue weighted by Gasteiger charge is 2.29. The average molecular weight is 372 g/mol. The van der Waals surface area contributed by atoms with Crippen LogP contribution in [0.4, 0.5) is 4.39 Å². The van der Waals surface area contributed by atoms with Gasteiger partial charge < -0.3 is 10.6 Å². The molecule has 1 aliphatic carbocycles. The Balaban J connectivity index is 1.88. The van der Waals surface area contributed by atoms with E-state index in [-0.39, 0.29) is 17.8 Å². The molecule has 1 heterocycles. The van der Waals surface area contributed by atoms with Crippen molar-refractivity contribution in [2.45, 2.75) is 52.5 Å². The topological polar surface area (TPSA) is 64.2 Å². The van der Waals surface area contributed by atoms with Gasteiger partial charge in [0.15, 0.2) is 5.69 Å². The van der Waals surface area contributed by atoms with Gasteiger partial charge in [0.1, 0.15) is 11.5 Å². The summed E-state index contributed by atoms with van der Waals surface area (Å²) in [7, 11) is 1.78. The zero-order valence-corrected chi connectivity index (χ0v) is 16.6. The van der Waals surface area contributed by atoms with Crippen molar-refractivity contribution < 1.29 is 9.18 Å². The van der Waals surface area contributed by atoms with Gasteiger partial charge in [0, 0.05) is 30.9 Å². The maximum atomic E-state index is 14.5. The average Bonchev–Trinajstić information content (AvgIpc) is 3.21. The molecule has 1 aromatic carbocycles. The molecule has 1 atom stereocenters. The molecule has 0 aliphatic heterocycles. The van der Waals surface area contributed by atoms with Crippen molar-refractivity contribution in [1.29, 1.82) is 0 Å². The van der Waals surface area contributed by atoms with Crippen molar-refractivity contribution in [3.63, 3.8) is 0 Å². The molecular weight excluding hydrogens is 343 g/mol. The van der Waals surface area contributed by atoms with Crippen molar-refractivity contribution in [3.8, 4) is 5.69 Å². The second-order valence-corrected chi connectivity index (χ2v) is 7.92. The van der Waals surface area contributed by atoms with Crippen molar-refractivity contribution in [2.24, 2.45) is 11.7 Å². The monoisotopic (exact) mass is 372 g/mol. The van der Waals surface area contributed by atoms with Crippen molar-refractivity contribution >= 4 is 5.91 Å². The molecule has 1 amide bonds. The number of benzene rings is 1. The third kappa shape index (κ3) is 3.90. The van der Waals surface area contributed by atoms with Crippen LogP contribution >= 0.6 is 0 Å². The largest absolute Gasteiger partial charge is 0.340 e. The molecule has 1 aromatic heterocycles. The van der Waals surface area contributed by atoms with Gasteiger partial charge >= 0.3 is 0 Å². The molecule has 0 saturated carbocycles. The molecule has 0 bridgehead atoms. The maximum absolute atomic E-state index is 14.5. The summed E-state index contributed by atoms with van der Waals surface area (Å²) < 4.78 is 16.1. The van der Waals surface area contributed by atoms with Gasteiger partial charge in [-0.1, -0.05) is 19.9 Å². The summed E-state index contributed by atoms with van der Waals surface area (Å²) in [6, 6.07) is 5.16. The molecular formula is C21H29FN4O. The fourth-order valence-corrected chi connectivity index (χ4v) is 3.55. The molecule has 146 valence electrons. The second kappa shape index (κ2) is 7.80. The zero-order valence-electron chi connectivity index (χ0n) is 16.6. The fourth-order valence-electron chi connectivity index (χ4n) is 3.55. The number of carbonyl (C=O) groups excluding carboxylic acids is 1. The molecule has 0 radical (unpaired) electrons. The lowest BCUT2D eigenvalue weighted by atomic mass is 10.0. The van der Waals surface area contributed by atoms with E-state index in [2.05, 4.69) is 18.9 Å². The molecule has 2 aromatic rings. The highest BCUT2D eigenvalue weighted by molar-refractivity contribution is 5.94. The number of nitrogens with two attached hydrogens (primary N) is 1. The van der Waals surface area contributed by atoms with Gasteiger partial charge in [-0.05, 0) is 56.2 Å². The maximum Gasteiger partial charge on any atom is 0.274 e. The van der Waals surface area contributed by atoms with E-state index in [1.165, 1.54) is 6.07 Å². The normalized spacial score (nSPS) is 14.5. The van der Waals surface area contributed by atoms with E-state index < -0.39 is 0 Å². The molecule has 27 heavy (non-hydrogen) atoms. The second-order valence-electron chi connectivity index (χ2n) is 7.92. The molecule has 0 spiro atoms. The van der Waals surface area contributed by atoms with E-state index in [1.54, 1.807) is 22.7 Å². The van der Waals surface area contributed by atoms with E-state index >= 15 is 0 Å². The predicted molar refractivity (Wildman–Crippen MR) is 105 cm³/mol. The number of aryl methyl sites for hydroxylation is 1. The van der Waals surface area contributed by atoms with Gasteiger partial charge in [0.2, 0.25) is 0 Å². The van der Waals surface area contributed by atoms with E-state index in [1.807, 2.05) is 13.0 Å². The van der Waals surface area contributed by atoms with Crippen molar-refractivity contribution in [1.82, 2.24) is 14.7 Å². The zero-order chi connectivity index (χ0) is 19.7. The number of carbonyl (C=O) groups is 1. The molecule has 2 N–H and O–H groups in total. The summed E-state index contributed by atoms with van der Waals surface area (Å²) in [5.41, 5.74) is 9.72. The van der Waals surface area contributed by atoms with Crippen LogP contribution in [0.3, 0.4) is 0 Å². The van der Waals surface area contributed by atoms with Gasteiger partial charge in [-0.2, -0.15) is 5.10 Å². The Kier molecular flexibility index (Phi) is 5.65. The minimum atomic E-state index is -0.317. The molecule has 5 nitrogen and oxygen atoms in total. The number of hydrogen-bond donors (Lipinski definition) is 1. The lowest BCUT2D eigenvalue weighted by Crippen LogP contribution is -2.35. The highest BCUT2D eigenvalue weighted by atomic mass is 19.1. The Bertz CT molecular complexity index is 843. The Morgan fingerprint density at radius 1 is 1.37 bits per heavy atom. The predicted octanol–water partition coefficient (Wildman–Crippen LogP) is 3.25. The first-order chi connectivity index (χ1) is 12.8. The summed E-state index contributed by atoms with van der Waals surface area (Å²) in [6.07, 6.45) is 3.33. The van der Waals surface area contributed by atoms with Crippen LogP contribution in [0.5, 0.6) is 0 Å². The van der Waals surface area contributed by atoms with Gasteiger partial charge in [-0.25, -0.2) is 9.07 Å². The summed E-state index contributed by atoms with van der Waals surface area (Å²) in [4.78, 5) is 14.7. The van der Waals surface area contributed by atoms with Crippen molar-refractivity contribution in [3.05, 3.63) is 46.5 Å². The summed E-state index contributed by atoms with van der Waals surface area (Å²) >= 11 is 0. The van der Waals surface area contributed by atoms with Crippen LogP contribution in [-0.2, 0) is 12.8 Å². The van der Waals surface area contributed by atoms with Crippen LogP contribution in [0, 0.1) is 18.7 Å². The van der Waals surface area contributed by atoms with Crippen LogP contribution in [0.15, 0.2) is 18.2 Å². The van der Waals surface area contributed by atoms with Gasteiger partial charge in [0.05, 0.1) is 0 Å². The van der Waals surface area contributed by atoms with Crippen LogP contribution < -0.4 is 5.73 Å². The summed E-state index contributed by atoms with van der Waals surface area (Å²) in [5.74, 6) is -0.0562. The summed E-state index contributed by atoms with van der Waals surface area (Å²) in [6.45, 7) is 6.60. The Labute approximate surface area is 160 Å². The molecule has 6 heteroatoms. The first-order valence-electron chi connectivity index (χ1n) is 9.68. The first-order valence-corrected chi connectivity index (χ1v) is 9.68. The van der Waals surface area contributed by atoms with Gasteiger partial charge in [-0.3, -0.25) is 4.79 Å². The molecule has 0 saturated heterocycles. The van der Waals surface area contributed by atoms with E-state index in [9.17, 15) is 9.18 Å². The Morgan fingerprint density at radius 3 is 2.78 bits per heavy atom. The number of nitrogens with zero attached hydrogens (tertiary/aromatic N) is 3. The number of rotatable bonds is 6. The molecule has 0 fully saturated rings. The van der Waals surface area contributed by atoms with Crippen LogP contribution in [0.25, 0.3) is 5.69 Å². The number of hydrogen-bond acceptors (Lipinski definition) is 3. The minimum Gasteiger partial charge on any atom is -0.340 e. The lowest BCUT2D eigenvalue weighted by molar-refractivity contribution is 0.0782. The van der Waals surface area contributed by atoms with Crippen molar-refractivity contribution in [2.75, 3.05) is 13.6 Å². The lowest BCUT2D eigenvalue weighted by Gasteiger charge is -2.21. The Morgan fingerprint density at radius 2 is 2.11 bits per heavy atom. The molecule has 1 unspecified atom stereocenters. The third-order valence-corrected chi connectivity index (χ3v) is 5.47. The number of amides is 1. The van der Waals surface area contributed by atoms with Crippen LogP contribution in [-0.4, -0.2) is 40.2 Å². The standard InChI is InChI=1S/C21H29FN4O/c1-13(2)17(23)10-11-25(4)21(27)20-15-6-5-7-18(15)26(24-20)19-9-8-14(3)12-16(19)22/h8-9,12-13,17H,5-7,10-11,23H2,1-4H3. The minimum absolute atomic E-state index is 0.0603. The highest BCUT2D eigenvalue weighted by Crippen LogP contribution is 2.29. The van der Waals surface area contributed by atoms with Crippen LogP contribution in [0.1, 0.15) is 54.0 Å². The molecule has 1 aliphatic rings. The van der Waals surface area contributed by atoms with Gasteiger partial charge in [0.25, 0.3) is 5.91 Å². The third-order valence-electron chi connectivity index (χ3n) is 5.47. The van der Waals surface area contributed by atoms with E-state index in [0.29, 0.717) is 23.8 Å². The van der Waals surface area contributed by atoms with Gasteiger partial charge in [-0.15, -0.1) is 0 Å². The van der Waals surface area contributed by atoms with E-state index in [4.69, 9.17) is 5.73 Å². The number of halogens is 1. The number of aromatic nitrogens is 2. The Hall–Kier alpha value is -2.21. The number of fused-ring (bicyclic) bond motifs is 1. The quantitative estimate of drug-likeness (QED) is 0.846. The summed E-state index contributed by atoms with van der Waals surface area (Å²) in [5, 5.41) is 4.53. The van der Waals surface area contributed by atoms with Crippen LogP contribution in [0.2, 0.25) is 0 Å². The molecule has 3 rings (SSSR count).